The van der Waals surface area contributed by atoms with Crippen molar-refractivity contribution in [1.29, 1.82) is 0 Å². The summed E-state index contributed by atoms with van der Waals surface area (Å²) >= 11 is 1.49. The third kappa shape index (κ3) is 3.54. The summed E-state index contributed by atoms with van der Waals surface area (Å²) in [5.41, 5.74) is -1.52. The second-order valence-electron chi connectivity index (χ2n) is 7.06. The maximum absolute atomic E-state index is 12.5. The van der Waals surface area contributed by atoms with Gasteiger partial charge in [0, 0.05) is 17.1 Å². The second-order valence-corrected chi connectivity index (χ2v) is 8.16. The van der Waals surface area contributed by atoms with E-state index in [1.807, 2.05) is 37.3 Å². The zero-order valence-electron chi connectivity index (χ0n) is 14.1. The van der Waals surface area contributed by atoms with Gasteiger partial charge < -0.3 is 10.2 Å². The maximum Gasteiger partial charge on any atom is 0.142 e. The van der Waals surface area contributed by atoms with E-state index in [1.54, 1.807) is 13.8 Å². The van der Waals surface area contributed by atoms with Crippen molar-refractivity contribution < 1.29 is 15.0 Å². The van der Waals surface area contributed by atoms with Crippen molar-refractivity contribution in [3.63, 3.8) is 0 Å². The largest absolute Gasteiger partial charge is 0.389 e. The van der Waals surface area contributed by atoms with Crippen LogP contribution in [0.2, 0.25) is 0 Å². The highest BCUT2D eigenvalue weighted by Gasteiger charge is 2.56. The summed E-state index contributed by atoms with van der Waals surface area (Å²) in [5.74, 6) is 0.264. The molecule has 0 unspecified atom stereocenters. The molecule has 0 heterocycles. The third-order valence-corrected chi connectivity index (χ3v) is 6.26. The smallest absolute Gasteiger partial charge is 0.142 e. The Hall–Kier alpha value is -1.10. The van der Waals surface area contributed by atoms with E-state index in [2.05, 4.69) is 6.58 Å². The van der Waals surface area contributed by atoms with Crippen LogP contribution in [0.4, 0.5) is 0 Å². The van der Waals surface area contributed by atoms with Gasteiger partial charge in [-0.2, -0.15) is 0 Å². The molecule has 1 aromatic carbocycles. The Balaban J connectivity index is 2.18. The van der Waals surface area contributed by atoms with Crippen molar-refractivity contribution in [2.24, 2.45) is 11.3 Å². The second kappa shape index (κ2) is 6.80. The van der Waals surface area contributed by atoms with Crippen molar-refractivity contribution in [3.8, 4) is 0 Å². The summed E-state index contributed by atoms with van der Waals surface area (Å²) in [6, 6.07) is 9.75. The molecular formula is C19H26O3S. The van der Waals surface area contributed by atoms with E-state index in [0.717, 1.165) is 10.5 Å². The van der Waals surface area contributed by atoms with Gasteiger partial charge in [0.15, 0.2) is 0 Å². The highest BCUT2D eigenvalue weighted by molar-refractivity contribution is 7.99. The summed E-state index contributed by atoms with van der Waals surface area (Å²) in [6.07, 6.45) is -0.213. The Bertz CT molecular complexity index is 582. The van der Waals surface area contributed by atoms with E-state index >= 15 is 0 Å². The van der Waals surface area contributed by atoms with E-state index in [0.29, 0.717) is 18.6 Å². The monoisotopic (exact) mass is 334 g/mol. The molecule has 3 nitrogen and oxygen atoms in total. The van der Waals surface area contributed by atoms with Gasteiger partial charge in [0.2, 0.25) is 0 Å². The van der Waals surface area contributed by atoms with Crippen molar-refractivity contribution in [3.05, 3.63) is 42.5 Å². The van der Waals surface area contributed by atoms with Gasteiger partial charge in [0.05, 0.1) is 11.5 Å². The maximum atomic E-state index is 12.5. The molecule has 0 aromatic heterocycles. The lowest BCUT2D eigenvalue weighted by Gasteiger charge is -2.50. The van der Waals surface area contributed by atoms with Crippen LogP contribution in [0.1, 0.15) is 33.6 Å². The lowest BCUT2D eigenvalue weighted by Crippen LogP contribution is -2.62. The fourth-order valence-electron chi connectivity index (χ4n) is 3.15. The third-order valence-electron chi connectivity index (χ3n) is 5.17. The van der Waals surface area contributed by atoms with Crippen LogP contribution in [0.25, 0.3) is 0 Å². The number of Topliss-reactive ketones (excluding diaryl/α,β-unsaturated/α-hetero) is 1. The number of aliphatic hydroxyl groups excluding tert-OH is 1. The zero-order chi connectivity index (χ0) is 17.3. The van der Waals surface area contributed by atoms with Crippen molar-refractivity contribution in [2.75, 3.05) is 5.75 Å². The SMILES string of the molecule is C=C(C)[C@@H]1CC(=O)C(C)(C)[C@](O)([C@H](O)CSc2ccccc2)C1. The Morgan fingerprint density at radius 1 is 1.39 bits per heavy atom. The fourth-order valence-corrected chi connectivity index (χ4v) is 4.13. The van der Waals surface area contributed by atoms with Crippen LogP contribution in [0.15, 0.2) is 47.4 Å². The average Bonchev–Trinajstić information content (AvgIpc) is 2.51. The van der Waals surface area contributed by atoms with Crippen LogP contribution >= 0.6 is 11.8 Å². The number of carbonyl (C=O) groups excluding carboxylic acids is 1. The number of allylic oxidation sites excluding steroid dienone is 1. The fraction of sp³-hybridized carbons (Fsp3) is 0.526. The predicted molar refractivity (Wildman–Crippen MR) is 94.4 cm³/mol. The molecule has 1 aliphatic rings. The van der Waals surface area contributed by atoms with Crippen molar-refractivity contribution >= 4 is 17.5 Å². The molecule has 0 spiro atoms. The highest BCUT2D eigenvalue weighted by Crippen LogP contribution is 2.48. The molecule has 0 radical (unpaired) electrons. The van der Waals surface area contributed by atoms with E-state index in [4.69, 9.17) is 0 Å². The molecule has 0 bridgehead atoms. The van der Waals surface area contributed by atoms with Gasteiger partial charge in [-0.1, -0.05) is 44.2 Å². The van der Waals surface area contributed by atoms with E-state index < -0.39 is 17.1 Å². The van der Waals surface area contributed by atoms with Gasteiger partial charge in [-0.25, -0.2) is 0 Å². The summed E-state index contributed by atoms with van der Waals surface area (Å²) in [6.45, 7) is 9.28. The number of ketones is 1. The number of aliphatic hydroxyl groups is 2. The minimum Gasteiger partial charge on any atom is -0.389 e. The Morgan fingerprint density at radius 2 is 2.00 bits per heavy atom. The number of rotatable bonds is 5. The molecule has 126 valence electrons. The molecule has 0 saturated heterocycles. The number of hydrogen-bond acceptors (Lipinski definition) is 4. The van der Waals surface area contributed by atoms with Crippen LogP contribution in [-0.2, 0) is 4.79 Å². The van der Waals surface area contributed by atoms with Crippen LogP contribution < -0.4 is 0 Å². The number of carbonyl (C=O) groups is 1. The van der Waals surface area contributed by atoms with E-state index in [-0.39, 0.29) is 11.7 Å². The standard InChI is InChI=1S/C19H26O3S/c1-13(2)14-10-16(20)18(3,4)19(22,11-14)17(21)12-23-15-8-6-5-7-9-15/h5-9,14,17,21-22H,1,10-12H2,2-4H3/t14-,17-,19-/m1/s1. The molecule has 1 saturated carbocycles. The molecule has 23 heavy (non-hydrogen) atoms. The van der Waals surface area contributed by atoms with Gasteiger partial charge in [-0.3, -0.25) is 4.79 Å². The minimum absolute atomic E-state index is 0.0111. The van der Waals surface area contributed by atoms with Gasteiger partial charge in [0.1, 0.15) is 11.4 Å². The van der Waals surface area contributed by atoms with Gasteiger partial charge in [0.25, 0.3) is 0 Å². The zero-order valence-corrected chi connectivity index (χ0v) is 14.9. The van der Waals surface area contributed by atoms with E-state index in [9.17, 15) is 15.0 Å². The van der Waals surface area contributed by atoms with Crippen LogP contribution in [-0.4, -0.2) is 33.5 Å². The first-order valence-electron chi connectivity index (χ1n) is 7.95. The number of thioether (sulfide) groups is 1. The average molecular weight is 334 g/mol. The quantitative estimate of drug-likeness (QED) is 0.640. The van der Waals surface area contributed by atoms with Crippen LogP contribution in [0.5, 0.6) is 0 Å². The molecule has 1 fully saturated rings. The van der Waals surface area contributed by atoms with Crippen molar-refractivity contribution in [1.82, 2.24) is 0 Å². The summed E-state index contributed by atoms with van der Waals surface area (Å²) in [7, 11) is 0. The molecular weight excluding hydrogens is 308 g/mol. The number of hydrogen-bond donors (Lipinski definition) is 2. The first-order chi connectivity index (χ1) is 10.7. The van der Waals surface area contributed by atoms with Gasteiger partial charge >= 0.3 is 0 Å². The summed E-state index contributed by atoms with van der Waals surface area (Å²) < 4.78 is 0. The van der Waals surface area contributed by atoms with E-state index in [1.165, 1.54) is 11.8 Å². The Kier molecular flexibility index (Phi) is 5.39. The molecule has 2 N–H and O–H groups in total. The molecule has 2 rings (SSSR count). The first-order valence-corrected chi connectivity index (χ1v) is 8.94. The number of benzene rings is 1. The Morgan fingerprint density at radius 3 is 2.57 bits per heavy atom. The van der Waals surface area contributed by atoms with Crippen LogP contribution in [0, 0.1) is 11.3 Å². The van der Waals surface area contributed by atoms with Crippen LogP contribution in [0.3, 0.4) is 0 Å². The summed E-state index contributed by atoms with van der Waals surface area (Å²) in [5, 5.41) is 21.9. The lowest BCUT2D eigenvalue weighted by molar-refractivity contribution is -0.179. The predicted octanol–water partition coefficient (Wildman–Crippen LogP) is 3.45. The lowest BCUT2D eigenvalue weighted by atomic mass is 9.58. The van der Waals surface area contributed by atoms with Gasteiger partial charge in [-0.05, 0) is 31.4 Å². The molecule has 0 amide bonds. The minimum atomic E-state index is -1.44. The molecule has 1 aliphatic carbocycles. The normalized spacial score (nSPS) is 28.4. The Labute approximate surface area is 142 Å². The molecule has 4 heteroatoms. The van der Waals surface area contributed by atoms with Crippen molar-refractivity contribution in [2.45, 2.75) is 50.2 Å². The molecule has 0 aliphatic heterocycles. The topological polar surface area (TPSA) is 57.5 Å². The highest BCUT2D eigenvalue weighted by atomic mass is 32.2. The molecule has 1 aromatic rings. The van der Waals surface area contributed by atoms with Gasteiger partial charge in [-0.15, -0.1) is 11.8 Å². The summed E-state index contributed by atoms with van der Waals surface area (Å²) in [4.78, 5) is 13.5. The molecule has 3 atom stereocenters. The first kappa shape index (κ1) is 18.2.